The second-order valence-corrected chi connectivity index (χ2v) is 6.54. The molecule has 0 spiro atoms. The first-order valence-corrected chi connectivity index (χ1v) is 7.66. The Morgan fingerprint density at radius 1 is 1.33 bits per heavy atom. The van der Waals surface area contributed by atoms with Crippen molar-refractivity contribution in [3.63, 3.8) is 0 Å². The van der Waals surface area contributed by atoms with Crippen molar-refractivity contribution in [2.24, 2.45) is 0 Å². The molecule has 3 N–H and O–H groups in total. The summed E-state index contributed by atoms with van der Waals surface area (Å²) >= 11 is 1.26. The van der Waals surface area contributed by atoms with Gasteiger partial charge in [0.1, 0.15) is 4.88 Å². The minimum atomic E-state index is -0.963. The Morgan fingerprint density at radius 3 is 2.71 bits per heavy atom. The van der Waals surface area contributed by atoms with Crippen molar-refractivity contribution in [3.05, 3.63) is 39.8 Å². The smallest absolute Gasteiger partial charge is 0.348 e. The molecule has 4 nitrogen and oxygen atoms in total. The van der Waals surface area contributed by atoms with Gasteiger partial charge in [-0.2, -0.15) is 0 Å². The van der Waals surface area contributed by atoms with Crippen LogP contribution in [0, 0.1) is 0 Å². The molecule has 0 radical (unpaired) electrons. The standard InChI is InChI=1S/C16H17NO3S/c1-8(2)12-13(17)15(16(18)19)21-14(12)9-3-4-10-6-20-7-11(10)5-9/h3-5,8H,6-7,17H2,1-2H3,(H,18,19). The van der Waals surface area contributed by atoms with Gasteiger partial charge in [0.2, 0.25) is 0 Å². The van der Waals surface area contributed by atoms with Gasteiger partial charge in [0, 0.05) is 4.88 Å². The van der Waals surface area contributed by atoms with Gasteiger partial charge in [0.25, 0.3) is 0 Å². The summed E-state index contributed by atoms with van der Waals surface area (Å²) in [5.41, 5.74) is 10.8. The van der Waals surface area contributed by atoms with E-state index >= 15 is 0 Å². The van der Waals surface area contributed by atoms with E-state index in [1.165, 1.54) is 22.5 Å². The maximum absolute atomic E-state index is 11.3. The fourth-order valence-corrected chi connectivity index (χ4v) is 3.93. The van der Waals surface area contributed by atoms with Gasteiger partial charge in [-0.3, -0.25) is 0 Å². The SMILES string of the molecule is CC(C)c1c(-c2ccc3c(c2)COC3)sc(C(=O)O)c1N. The van der Waals surface area contributed by atoms with Gasteiger partial charge in [0.05, 0.1) is 18.9 Å². The molecule has 0 saturated carbocycles. The molecule has 1 aromatic carbocycles. The van der Waals surface area contributed by atoms with Crippen LogP contribution in [0.1, 0.15) is 46.1 Å². The second-order valence-electron chi connectivity index (χ2n) is 5.52. The number of nitrogen functional groups attached to an aromatic ring is 1. The van der Waals surface area contributed by atoms with Crippen LogP contribution >= 0.6 is 11.3 Å². The van der Waals surface area contributed by atoms with Crippen LogP contribution in [0.25, 0.3) is 10.4 Å². The van der Waals surface area contributed by atoms with Gasteiger partial charge in [-0.25, -0.2) is 4.79 Å². The quantitative estimate of drug-likeness (QED) is 0.903. The highest BCUT2D eigenvalue weighted by Crippen LogP contribution is 2.43. The Labute approximate surface area is 127 Å². The van der Waals surface area contributed by atoms with Crippen molar-refractivity contribution in [2.45, 2.75) is 33.0 Å². The molecule has 110 valence electrons. The van der Waals surface area contributed by atoms with Gasteiger partial charge in [0.15, 0.2) is 0 Å². The van der Waals surface area contributed by atoms with Gasteiger partial charge in [-0.1, -0.05) is 26.0 Å². The zero-order valence-electron chi connectivity index (χ0n) is 12.0. The van der Waals surface area contributed by atoms with E-state index in [0.717, 1.165) is 16.0 Å². The Morgan fingerprint density at radius 2 is 2.05 bits per heavy atom. The van der Waals surface area contributed by atoms with E-state index < -0.39 is 5.97 Å². The fourth-order valence-electron chi connectivity index (χ4n) is 2.72. The van der Waals surface area contributed by atoms with Crippen molar-refractivity contribution >= 4 is 23.0 Å². The fraction of sp³-hybridized carbons (Fsp3) is 0.312. The maximum Gasteiger partial charge on any atom is 0.348 e. The van der Waals surface area contributed by atoms with E-state index in [2.05, 4.69) is 12.1 Å². The van der Waals surface area contributed by atoms with Crippen LogP contribution < -0.4 is 5.73 Å². The van der Waals surface area contributed by atoms with Gasteiger partial charge in [-0.15, -0.1) is 11.3 Å². The van der Waals surface area contributed by atoms with Crippen molar-refractivity contribution in [1.82, 2.24) is 0 Å². The molecule has 0 unspecified atom stereocenters. The molecule has 0 amide bonds. The molecule has 0 fully saturated rings. The lowest BCUT2D eigenvalue weighted by atomic mass is 9.96. The topological polar surface area (TPSA) is 72.5 Å². The highest BCUT2D eigenvalue weighted by Gasteiger charge is 2.24. The number of benzene rings is 1. The lowest BCUT2D eigenvalue weighted by Gasteiger charge is -2.10. The molecular weight excluding hydrogens is 286 g/mol. The largest absolute Gasteiger partial charge is 0.477 e. The minimum Gasteiger partial charge on any atom is -0.477 e. The third kappa shape index (κ3) is 2.32. The number of carboxylic acid groups (broad SMARTS) is 1. The Hall–Kier alpha value is -1.85. The molecule has 1 aliphatic heterocycles. The summed E-state index contributed by atoms with van der Waals surface area (Å²) in [6, 6.07) is 6.17. The molecule has 2 heterocycles. The van der Waals surface area contributed by atoms with E-state index in [1.54, 1.807) is 0 Å². The van der Waals surface area contributed by atoms with Crippen LogP contribution in [0.5, 0.6) is 0 Å². The monoisotopic (exact) mass is 303 g/mol. The average molecular weight is 303 g/mol. The number of carbonyl (C=O) groups is 1. The van der Waals surface area contributed by atoms with E-state index in [4.69, 9.17) is 10.5 Å². The Kier molecular flexibility index (Phi) is 3.47. The molecule has 1 aliphatic rings. The molecule has 0 saturated heterocycles. The summed E-state index contributed by atoms with van der Waals surface area (Å²) in [4.78, 5) is 12.5. The van der Waals surface area contributed by atoms with Crippen LogP contribution in [0.4, 0.5) is 5.69 Å². The summed E-state index contributed by atoms with van der Waals surface area (Å²) in [7, 11) is 0. The molecule has 1 aromatic heterocycles. The first kappa shape index (κ1) is 14.1. The van der Waals surface area contributed by atoms with Crippen LogP contribution in [-0.4, -0.2) is 11.1 Å². The van der Waals surface area contributed by atoms with Gasteiger partial charge in [-0.05, 0) is 34.2 Å². The zero-order chi connectivity index (χ0) is 15.1. The maximum atomic E-state index is 11.3. The zero-order valence-corrected chi connectivity index (χ0v) is 12.8. The predicted molar refractivity (Wildman–Crippen MR) is 83.7 cm³/mol. The third-order valence-electron chi connectivity index (χ3n) is 3.74. The molecular formula is C16H17NO3S. The second kappa shape index (κ2) is 5.16. The number of hydrogen-bond donors (Lipinski definition) is 2. The number of fused-ring (bicyclic) bond motifs is 1. The molecule has 5 heteroatoms. The van der Waals surface area contributed by atoms with Crippen LogP contribution in [0.2, 0.25) is 0 Å². The predicted octanol–water partition coefficient (Wildman–Crippen LogP) is 3.85. The number of rotatable bonds is 3. The van der Waals surface area contributed by atoms with E-state index in [0.29, 0.717) is 18.9 Å². The van der Waals surface area contributed by atoms with Crippen LogP contribution in [0.3, 0.4) is 0 Å². The van der Waals surface area contributed by atoms with Gasteiger partial charge < -0.3 is 15.6 Å². The Bertz CT molecular complexity index is 719. The summed E-state index contributed by atoms with van der Waals surface area (Å²) < 4.78 is 5.44. The summed E-state index contributed by atoms with van der Waals surface area (Å²) in [5, 5.41) is 9.30. The molecule has 21 heavy (non-hydrogen) atoms. The van der Waals surface area contributed by atoms with Crippen LogP contribution in [0.15, 0.2) is 18.2 Å². The van der Waals surface area contributed by atoms with E-state index in [9.17, 15) is 9.90 Å². The molecule has 0 atom stereocenters. The highest BCUT2D eigenvalue weighted by atomic mass is 32.1. The first-order chi connectivity index (χ1) is 9.99. The lowest BCUT2D eigenvalue weighted by molar-refractivity contribution is 0.0703. The van der Waals surface area contributed by atoms with Crippen molar-refractivity contribution in [3.8, 4) is 10.4 Å². The number of anilines is 1. The van der Waals surface area contributed by atoms with Crippen molar-refractivity contribution < 1.29 is 14.6 Å². The number of hydrogen-bond acceptors (Lipinski definition) is 4. The third-order valence-corrected chi connectivity index (χ3v) is 5.00. The summed E-state index contributed by atoms with van der Waals surface area (Å²) in [5.74, 6) is -0.788. The summed E-state index contributed by atoms with van der Waals surface area (Å²) in [6.45, 7) is 5.33. The minimum absolute atomic E-state index is 0.175. The van der Waals surface area contributed by atoms with Crippen molar-refractivity contribution in [1.29, 1.82) is 0 Å². The number of carboxylic acids is 1. The molecule has 0 aliphatic carbocycles. The van der Waals surface area contributed by atoms with Crippen LogP contribution in [-0.2, 0) is 18.0 Å². The lowest BCUT2D eigenvalue weighted by Crippen LogP contribution is -2.00. The van der Waals surface area contributed by atoms with Gasteiger partial charge >= 0.3 is 5.97 Å². The highest BCUT2D eigenvalue weighted by molar-refractivity contribution is 7.18. The molecule has 3 rings (SSSR count). The normalized spacial score (nSPS) is 13.7. The number of aromatic carboxylic acids is 1. The summed E-state index contributed by atoms with van der Waals surface area (Å²) in [6.07, 6.45) is 0. The molecule has 2 aromatic rings. The van der Waals surface area contributed by atoms with Crippen molar-refractivity contribution in [2.75, 3.05) is 5.73 Å². The average Bonchev–Trinajstić information content (AvgIpc) is 3.01. The molecule has 0 bridgehead atoms. The number of thiophene rings is 1. The first-order valence-electron chi connectivity index (χ1n) is 6.84. The number of ether oxygens (including phenoxy) is 1. The number of nitrogens with two attached hydrogens (primary N) is 1. The van der Waals surface area contributed by atoms with E-state index in [1.807, 2.05) is 19.9 Å². The Balaban J connectivity index is 2.17. The van der Waals surface area contributed by atoms with E-state index in [-0.39, 0.29) is 10.8 Å².